The van der Waals surface area contributed by atoms with Crippen LogP contribution >= 0.6 is 0 Å². The van der Waals surface area contributed by atoms with Crippen molar-refractivity contribution in [3.8, 4) is 5.75 Å². The summed E-state index contributed by atoms with van der Waals surface area (Å²) in [6.07, 6.45) is 4.18. The largest absolute Gasteiger partial charge is 0.508 e. The highest BCUT2D eigenvalue weighted by molar-refractivity contribution is 6.36. The minimum absolute atomic E-state index is 0.00200. The standard InChI is InChI=1S/C44H49N5O5/c50-40-20-18-35(19-21-40)27-39-31-49(44(54)43(53)47(39)24-22-32-11-4-1-5-12-32)38(26-34-15-8-3-9-16-34)29-46-23-10-17-36(46)30-48-37(28-45-41(51)42(48)52)25-33-13-6-2-7-14-33/h1-9,11-16,18-21,36-39,50H,10,17,22-31H2,(H,45,51)/t36-,37-,38-,39-/m0/s1. The molecule has 10 nitrogen and oxygen atoms in total. The molecule has 54 heavy (non-hydrogen) atoms. The van der Waals surface area contributed by atoms with Gasteiger partial charge in [0.2, 0.25) is 0 Å². The topological polar surface area (TPSA) is 114 Å². The van der Waals surface area contributed by atoms with Crippen molar-refractivity contribution >= 4 is 23.6 Å². The Morgan fingerprint density at radius 2 is 1.26 bits per heavy atom. The second-order valence-corrected chi connectivity index (χ2v) is 14.9. The summed E-state index contributed by atoms with van der Waals surface area (Å²) in [6.45, 7) is 2.95. The first-order valence-electron chi connectivity index (χ1n) is 19.2. The van der Waals surface area contributed by atoms with Crippen molar-refractivity contribution in [2.24, 2.45) is 0 Å². The molecule has 3 saturated heterocycles. The van der Waals surface area contributed by atoms with Gasteiger partial charge in [-0.05, 0) is 79.5 Å². The molecule has 0 bridgehead atoms. The Hall–Kier alpha value is -5.48. The highest BCUT2D eigenvalue weighted by Crippen LogP contribution is 2.27. The molecule has 0 saturated carbocycles. The Balaban J connectivity index is 1.14. The fourth-order valence-electron chi connectivity index (χ4n) is 8.38. The Morgan fingerprint density at radius 3 is 1.94 bits per heavy atom. The van der Waals surface area contributed by atoms with Crippen molar-refractivity contribution in [3.05, 3.63) is 138 Å². The molecule has 280 valence electrons. The Kier molecular flexibility index (Phi) is 11.7. The first-order chi connectivity index (χ1) is 26.3. The normalized spacial score (nSPS) is 21.4. The smallest absolute Gasteiger partial charge is 0.312 e. The number of carbonyl (C=O) groups excluding carboxylic acids is 4. The van der Waals surface area contributed by atoms with Gasteiger partial charge >= 0.3 is 23.6 Å². The summed E-state index contributed by atoms with van der Waals surface area (Å²) in [5, 5.41) is 12.8. The Morgan fingerprint density at radius 1 is 0.648 bits per heavy atom. The molecule has 3 aliphatic heterocycles. The second-order valence-electron chi connectivity index (χ2n) is 14.9. The fourth-order valence-corrected chi connectivity index (χ4v) is 8.38. The van der Waals surface area contributed by atoms with E-state index < -0.39 is 23.6 Å². The van der Waals surface area contributed by atoms with E-state index in [1.54, 1.807) is 26.8 Å². The van der Waals surface area contributed by atoms with E-state index in [0.29, 0.717) is 58.4 Å². The van der Waals surface area contributed by atoms with Crippen LogP contribution in [0.25, 0.3) is 0 Å². The van der Waals surface area contributed by atoms with Gasteiger partial charge in [-0.1, -0.05) is 103 Å². The number of carbonyl (C=O) groups is 4. The third-order valence-electron chi connectivity index (χ3n) is 11.3. The van der Waals surface area contributed by atoms with Crippen LogP contribution in [0.5, 0.6) is 5.75 Å². The lowest BCUT2D eigenvalue weighted by Gasteiger charge is -2.45. The molecule has 0 radical (unpaired) electrons. The maximum absolute atomic E-state index is 14.3. The number of benzene rings is 4. The molecule has 0 spiro atoms. The number of hydrogen-bond donors (Lipinski definition) is 2. The van der Waals surface area contributed by atoms with E-state index in [4.69, 9.17) is 0 Å². The van der Waals surface area contributed by atoms with Crippen molar-refractivity contribution in [1.29, 1.82) is 0 Å². The zero-order chi connectivity index (χ0) is 37.4. The van der Waals surface area contributed by atoms with E-state index in [2.05, 4.69) is 22.3 Å². The summed E-state index contributed by atoms with van der Waals surface area (Å²) in [7, 11) is 0. The van der Waals surface area contributed by atoms with Crippen LogP contribution < -0.4 is 5.32 Å². The average molecular weight is 728 g/mol. The zero-order valence-electron chi connectivity index (χ0n) is 30.6. The second kappa shape index (κ2) is 17.1. The highest BCUT2D eigenvalue weighted by Gasteiger charge is 2.43. The predicted molar refractivity (Wildman–Crippen MR) is 206 cm³/mol. The molecule has 10 heteroatoms. The van der Waals surface area contributed by atoms with Crippen molar-refractivity contribution in [3.63, 3.8) is 0 Å². The summed E-state index contributed by atoms with van der Waals surface area (Å²) in [4.78, 5) is 62.1. The van der Waals surface area contributed by atoms with Crippen molar-refractivity contribution < 1.29 is 24.3 Å². The van der Waals surface area contributed by atoms with Gasteiger partial charge in [-0.3, -0.25) is 24.1 Å². The van der Waals surface area contributed by atoms with Gasteiger partial charge in [-0.2, -0.15) is 0 Å². The highest BCUT2D eigenvalue weighted by atomic mass is 16.3. The third-order valence-corrected chi connectivity index (χ3v) is 11.3. The Labute approximate surface area is 317 Å². The molecular formula is C44H49N5O5. The van der Waals surface area contributed by atoms with Crippen molar-refractivity contribution in [1.82, 2.24) is 24.9 Å². The lowest BCUT2D eigenvalue weighted by atomic mass is 9.97. The number of likely N-dealkylation sites (tertiary alicyclic amines) is 1. The predicted octanol–water partition coefficient (Wildman–Crippen LogP) is 3.86. The molecule has 4 aromatic rings. The van der Waals surface area contributed by atoms with Gasteiger partial charge in [0, 0.05) is 44.8 Å². The van der Waals surface area contributed by atoms with Crippen molar-refractivity contribution in [2.45, 2.75) is 62.7 Å². The molecule has 3 fully saturated rings. The van der Waals surface area contributed by atoms with Gasteiger partial charge in [0.25, 0.3) is 0 Å². The van der Waals surface area contributed by atoms with Gasteiger partial charge in [0.05, 0.1) is 12.1 Å². The molecule has 4 aromatic carbocycles. The lowest BCUT2D eigenvalue weighted by molar-refractivity contribution is -0.161. The number of piperazine rings is 2. The van der Waals surface area contributed by atoms with Crippen LogP contribution in [0.3, 0.4) is 0 Å². The van der Waals surface area contributed by atoms with E-state index in [1.165, 1.54) is 0 Å². The zero-order valence-corrected chi connectivity index (χ0v) is 30.6. The van der Waals surface area contributed by atoms with E-state index in [9.17, 15) is 24.3 Å². The van der Waals surface area contributed by atoms with Gasteiger partial charge < -0.3 is 25.1 Å². The maximum atomic E-state index is 14.3. The summed E-state index contributed by atoms with van der Waals surface area (Å²) in [5.41, 5.74) is 4.26. The Bertz CT molecular complexity index is 1890. The van der Waals surface area contributed by atoms with E-state index >= 15 is 0 Å². The molecule has 3 heterocycles. The number of phenols is 1. The molecule has 4 atom stereocenters. The van der Waals surface area contributed by atoms with Crippen LogP contribution in [0, 0.1) is 0 Å². The van der Waals surface area contributed by atoms with Crippen LogP contribution in [0.2, 0.25) is 0 Å². The summed E-state index contributed by atoms with van der Waals surface area (Å²) < 4.78 is 0. The minimum Gasteiger partial charge on any atom is -0.508 e. The number of nitrogens with zero attached hydrogens (tertiary/aromatic N) is 4. The summed E-state index contributed by atoms with van der Waals surface area (Å²) in [5.74, 6) is -1.88. The van der Waals surface area contributed by atoms with Crippen LogP contribution in [-0.2, 0) is 44.9 Å². The number of amides is 4. The molecule has 7 rings (SSSR count). The molecule has 2 N–H and O–H groups in total. The quantitative estimate of drug-likeness (QED) is 0.191. The third kappa shape index (κ3) is 8.82. The number of nitrogens with one attached hydrogen (secondary N) is 1. The monoisotopic (exact) mass is 727 g/mol. The fraction of sp³-hybridized carbons (Fsp3) is 0.364. The molecule has 0 aromatic heterocycles. The van der Waals surface area contributed by atoms with Crippen LogP contribution in [-0.4, -0.2) is 112 Å². The first-order valence-corrected chi connectivity index (χ1v) is 19.2. The maximum Gasteiger partial charge on any atom is 0.312 e. The van der Waals surface area contributed by atoms with Gasteiger partial charge in [-0.15, -0.1) is 0 Å². The number of aromatic hydroxyl groups is 1. The minimum atomic E-state index is -0.570. The van der Waals surface area contributed by atoms with Gasteiger partial charge in [-0.25, -0.2) is 0 Å². The molecular weight excluding hydrogens is 679 g/mol. The van der Waals surface area contributed by atoms with Gasteiger partial charge in [0.15, 0.2) is 0 Å². The number of rotatable bonds is 14. The van der Waals surface area contributed by atoms with E-state index in [-0.39, 0.29) is 29.9 Å². The number of phenolic OH excluding ortho intramolecular Hbond substituents is 1. The summed E-state index contributed by atoms with van der Waals surface area (Å²) >= 11 is 0. The molecule has 3 aliphatic rings. The van der Waals surface area contributed by atoms with E-state index in [1.807, 2.05) is 91.0 Å². The molecule has 4 amide bonds. The average Bonchev–Trinajstić information content (AvgIpc) is 3.63. The molecule has 0 unspecified atom stereocenters. The van der Waals surface area contributed by atoms with Crippen LogP contribution in [0.15, 0.2) is 115 Å². The lowest BCUT2D eigenvalue weighted by Crippen LogP contribution is -2.65. The van der Waals surface area contributed by atoms with Crippen LogP contribution in [0.4, 0.5) is 0 Å². The summed E-state index contributed by atoms with van der Waals surface area (Å²) in [6, 6.07) is 36.4. The van der Waals surface area contributed by atoms with Crippen molar-refractivity contribution in [2.75, 3.05) is 39.3 Å². The first kappa shape index (κ1) is 36.9. The number of hydrogen-bond acceptors (Lipinski definition) is 6. The SMILES string of the molecule is O=C1NC[C@H](Cc2ccccc2)N(C[C@@H]2CCCN2C[C@H](Cc2ccccc2)N2C[C@H](Cc3ccc(O)cc3)N(CCc3ccccc3)C(=O)C2=O)C1=O. The molecule has 0 aliphatic carbocycles. The van der Waals surface area contributed by atoms with Gasteiger partial charge in [0.1, 0.15) is 5.75 Å². The van der Waals surface area contributed by atoms with E-state index in [0.717, 1.165) is 41.6 Å². The van der Waals surface area contributed by atoms with Crippen LogP contribution in [0.1, 0.15) is 35.1 Å².